The first-order valence-corrected chi connectivity index (χ1v) is 12.0. The van der Waals surface area contributed by atoms with Gasteiger partial charge in [0.05, 0.1) is 28.3 Å². The maximum atomic E-state index is 13.6. The van der Waals surface area contributed by atoms with Gasteiger partial charge in [0.25, 0.3) is 5.56 Å². The third-order valence-electron chi connectivity index (χ3n) is 6.28. The van der Waals surface area contributed by atoms with Crippen molar-refractivity contribution < 1.29 is 4.79 Å². The summed E-state index contributed by atoms with van der Waals surface area (Å²) in [5.74, 6) is 0.418. The van der Waals surface area contributed by atoms with Crippen molar-refractivity contribution in [1.29, 1.82) is 0 Å². The fraction of sp³-hybridized carbons (Fsp3) is 0.222. The summed E-state index contributed by atoms with van der Waals surface area (Å²) in [5.41, 5.74) is 4.27. The van der Waals surface area contributed by atoms with E-state index in [1.165, 1.54) is 5.56 Å². The first kappa shape index (κ1) is 22.9. The van der Waals surface area contributed by atoms with E-state index in [0.717, 1.165) is 16.6 Å². The Balaban J connectivity index is 1.37. The molecule has 0 atom stereocenters. The molecule has 7 nitrogen and oxygen atoms in total. The van der Waals surface area contributed by atoms with Crippen LogP contribution in [0.3, 0.4) is 0 Å². The quantitative estimate of drug-likeness (QED) is 0.450. The molecule has 178 valence electrons. The smallest absolute Gasteiger partial charge is 0.322 e. The number of carbonyl (C=O) groups is 1. The number of nitrogens with one attached hydrogen (secondary N) is 1. The summed E-state index contributed by atoms with van der Waals surface area (Å²) >= 11 is 6.17. The van der Waals surface area contributed by atoms with Crippen molar-refractivity contribution in [2.45, 2.75) is 13.5 Å². The number of piperazine rings is 1. The molecule has 0 spiro atoms. The minimum absolute atomic E-state index is 0.127. The van der Waals surface area contributed by atoms with E-state index in [9.17, 15) is 9.59 Å². The third kappa shape index (κ3) is 4.86. The van der Waals surface area contributed by atoms with E-state index < -0.39 is 0 Å². The molecule has 1 N–H and O–H groups in total. The lowest BCUT2D eigenvalue weighted by Gasteiger charge is -2.35. The van der Waals surface area contributed by atoms with Crippen LogP contribution in [0.15, 0.2) is 77.6 Å². The average molecular weight is 488 g/mol. The first-order chi connectivity index (χ1) is 17.0. The number of anilines is 2. The highest BCUT2D eigenvalue weighted by Gasteiger charge is 2.25. The van der Waals surface area contributed by atoms with Gasteiger partial charge in [0, 0.05) is 26.2 Å². The second-order valence-corrected chi connectivity index (χ2v) is 9.09. The van der Waals surface area contributed by atoms with Crippen molar-refractivity contribution in [3.8, 4) is 0 Å². The zero-order valence-electron chi connectivity index (χ0n) is 19.4. The molecule has 1 saturated heterocycles. The van der Waals surface area contributed by atoms with Gasteiger partial charge in [0.15, 0.2) is 5.82 Å². The molecule has 2 heterocycles. The molecule has 0 unspecified atom stereocenters. The van der Waals surface area contributed by atoms with E-state index in [0.29, 0.717) is 49.3 Å². The highest BCUT2D eigenvalue weighted by atomic mass is 35.5. The van der Waals surface area contributed by atoms with Crippen molar-refractivity contribution in [2.24, 2.45) is 0 Å². The Morgan fingerprint density at radius 3 is 2.37 bits per heavy atom. The number of halogens is 1. The Bertz CT molecular complexity index is 1430. The van der Waals surface area contributed by atoms with Crippen LogP contribution in [0.2, 0.25) is 5.02 Å². The van der Waals surface area contributed by atoms with Crippen molar-refractivity contribution in [3.63, 3.8) is 0 Å². The van der Waals surface area contributed by atoms with Gasteiger partial charge in [0.2, 0.25) is 0 Å². The molecule has 0 bridgehead atoms. The molecule has 1 aliphatic rings. The molecule has 1 fully saturated rings. The number of hydrogen-bond donors (Lipinski definition) is 1. The van der Waals surface area contributed by atoms with Gasteiger partial charge in [-0.15, -0.1) is 0 Å². The number of hydrogen-bond acceptors (Lipinski definition) is 4. The molecule has 0 aliphatic carbocycles. The zero-order chi connectivity index (χ0) is 24.4. The maximum absolute atomic E-state index is 13.6. The van der Waals surface area contributed by atoms with E-state index in [1.54, 1.807) is 21.6 Å². The summed E-state index contributed by atoms with van der Waals surface area (Å²) in [6, 6.07) is 22.9. The monoisotopic (exact) mass is 487 g/mol. The van der Waals surface area contributed by atoms with Crippen LogP contribution in [-0.2, 0) is 6.54 Å². The summed E-state index contributed by atoms with van der Waals surface area (Å²) < 4.78 is 1.79. The molecule has 0 radical (unpaired) electrons. The lowest BCUT2D eigenvalue weighted by Crippen LogP contribution is -2.51. The Kier molecular flexibility index (Phi) is 6.42. The predicted molar refractivity (Wildman–Crippen MR) is 141 cm³/mol. The van der Waals surface area contributed by atoms with E-state index in [2.05, 4.69) is 17.4 Å². The van der Waals surface area contributed by atoms with Crippen molar-refractivity contribution >= 4 is 40.2 Å². The fourth-order valence-corrected chi connectivity index (χ4v) is 4.48. The number of amides is 2. The van der Waals surface area contributed by atoms with Crippen LogP contribution in [0, 0.1) is 6.92 Å². The van der Waals surface area contributed by atoms with Crippen molar-refractivity contribution in [1.82, 2.24) is 14.5 Å². The summed E-state index contributed by atoms with van der Waals surface area (Å²) in [6.07, 6.45) is 0. The van der Waals surface area contributed by atoms with Gasteiger partial charge in [-0.2, -0.15) is 0 Å². The minimum Gasteiger partial charge on any atom is -0.348 e. The van der Waals surface area contributed by atoms with Crippen LogP contribution in [-0.4, -0.2) is 46.7 Å². The molecule has 2 amide bonds. The van der Waals surface area contributed by atoms with Crippen LogP contribution in [0.1, 0.15) is 11.1 Å². The number of fused-ring (bicyclic) bond motifs is 1. The van der Waals surface area contributed by atoms with E-state index in [1.807, 2.05) is 60.4 Å². The second kappa shape index (κ2) is 9.80. The van der Waals surface area contributed by atoms with Gasteiger partial charge in [-0.05, 0) is 36.8 Å². The molecule has 1 aromatic heterocycles. The zero-order valence-corrected chi connectivity index (χ0v) is 20.2. The molecule has 5 rings (SSSR count). The van der Waals surface area contributed by atoms with E-state index in [4.69, 9.17) is 16.6 Å². The van der Waals surface area contributed by atoms with Crippen LogP contribution < -0.4 is 15.8 Å². The second-order valence-electron chi connectivity index (χ2n) is 8.69. The lowest BCUT2D eigenvalue weighted by atomic mass is 10.1. The highest BCUT2D eigenvalue weighted by molar-refractivity contribution is 6.33. The number of carbonyl (C=O) groups excluding carboxylic acids is 1. The lowest BCUT2D eigenvalue weighted by molar-refractivity contribution is 0.208. The fourth-order valence-electron chi connectivity index (χ4n) is 4.30. The molecule has 35 heavy (non-hydrogen) atoms. The van der Waals surface area contributed by atoms with Gasteiger partial charge in [0.1, 0.15) is 0 Å². The Morgan fingerprint density at radius 1 is 0.943 bits per heavy atom. The van der Waals surface area contributed by atoms with Gasteiger partial charge >= 0.3 is 6.03 Å². The summed E-state index contributed by atoms with van der Waals surface area (Å²) in [5, 5.41) is 3.36. The number of para-hydroxylation sites is 3. The number of aryl methyl sites for hydroxylation is 1. The number of rotatable bonds is 4. The summed E-state index contributed by atoms with van der Waals surface area (Å²) in [4.78, 5) is 34.8. The topological polar surface area (TPSA) is 70.5 Å². The maximum Gasteiger partial charge on any atom is 0.322 e. The molecule has 3 aromatic carbocycles. The van der Waals surface area contributed by atoms with Gasteiger partial charge < -0.3 is 15.1 Å². The number of nitrogens with zero attached hydrogens (tertiary/aromatic N) is 4. The van der Waals surface area contributed by atoms with Crippen LogP contribution >= 0.6 is 11.6 Å². The van der Waals surface area contributed by atoms with Crippen molar-refractivity contribution in [2.75, 3.05) is 36.4 Å². The van der Waals surface area contributed by atoms with E-state index >= 15 is 0 Å². The molecule has 0 saturated carbocycles. The molecular weight excluding hydrogens is 462 g/mol. The number of benzene rings is 3. The van der Waals surface area contributed by atoms with Crippen LogP contribution in [0.5, 0.6) is 0 Å². The number of urea groups is 1. The SMILES string of the molecule is Cc1ccc(Cn2c(=O)c(N3CCN(C(=O)Nc4ccccc4Cl)CC3)nc3ccccc32)cc1. The molecular formula is C27H26ClN5O2. The van der Waals surface area contributed by atoms with E-state index in [-0.39, 0.29) is 11.6 Å². The molecule has 4 aromatic rings. The summed E-state index contributed by atoms with van der Waals surface area (Å²) in [6.45, 7) is 4.49. The Labute approximate surface area is 208 Å². The van der Waals surface area contributed by atoms with Gasteiger partial charge in [-0.25, -0.2) is 9.78 Å². The Hall–Kier alpha value is -3.84. The standard InChI is InChI=1S/C27H26ClN5O2/c1-19-10-12-20(13-11-19)18-33-24-9-5-4-8-23(24)29-25(26(33)34)31-14-16-32(17-15-31)27(35)30-22-7-3-2-6-21(22)28/h2-13H,14-18H2,1H3,(H,30,35). The van der Waals surface area contributed by atoms with Gasteiger partial charge in [-0.3, -0.25) is 9.36 Å². The molecule has 8 heteroatoms. The molecule has 1 aliphatic heterocycles. The van der Waals surface area contributed by atoms with Gasteiger partial charge in [-0.1, -0.05) is 65.7 Å². The average Bonchev–Trinajstić information content (AvgIpc) is 2.88. The largest absolute Gasteiger partial charge is 0.348 e. The predicted octanol–water partition coefficient (Wildman–Crippen LogP) is 4.76. The Morgan fingerprint density at radius 2 is 1.63 bits per heavy atom. The van der Waals surface area contributed by atoms with Crippen LogP contribution in [0.4, 0.5) is 16.3 Å². The normalized spacial score (nSPS) is 13.8. The first-order valence-electron chi connectivity index (χ1n) is 11.6. The summed E-state index contributed by atoms with van der Waals surface area (Å²) in [7, 11) is 0. The minimum atomic E-state index is -0.207. The van der Waals surface area contributed by atoms with Crippen LogP contribution in [0.25, 0.3) is 11.0 Å². The van der Waals surface area contributed by atoms with Crippen molar-refractivity contribution in [3.05, 3.63) is 99.3 Å². The number of aromatic nitrogens is 2. The highest BCUT2D eigenvalue weighted by Crippen LogP contribution is 2.22. The third-order valence-corrected chi connectivity index (χ3v) is 6.61.